The Morgan fingerprint density at radius 1 is 0.454 bits per heavy atom. The molecular formula is C92H85Cl2F5N10O10. The monoisotopic (exact) mass is 1650 g/mol. The van der Waals surface area contributed by atoms with Crippen molar-refractivity contribution in [1.29, 1.82) is 0 Å². The number of esters is 4. The fourth-order valence-corrected chi connectivity index (χ4v) is 12.5. The SMILES string of the molecule is CC1(c2ccnc(-c3ccc(F)cc3)c2)CCNC1=O.CC1(c2ccnc(-c3ccc(F)cc3)c2)CCNC1=O.COC(=O)C(C)c1ccnc(-c2ccc(F)cc2)c1.COC(=O)Cc1ccnc(-c2ccc(F)cc2)c1.COC(=O)Cc1ccnc(Cl)c1.Cc1ccnc(Cl)c1.[C-]#[N+]CC(C)(C(=O)OC)c1ccnc(-c2ccc(F)cc2)c1. The van der Waals surface area contributed by atoms with Gasteiger partial charge in [-0.05, 0) is 293 Å². The summed E-state index contributed by atoms with van der Waals surface area (Å²) in [5.41, 5.74) is 11.6. The molecule has 2 aliphatic rings. The highest BCUT2D eigenvalue weighted by atomic mass is 35.5. The molecule has 2 N–H and O–H groups in total. The van der Waals surface area contributed by atoms with Crippen LogP contribution in [0.1, 0.15) is 85.4 Å². The average molecular weight is 1660 g/mol. The van der Waals surface area contributed by atoms with Gasteiger partial charge in [-0.2, -0.15) is 0 Å². The van der Waals surface area contributed by atoms with Gasteiger partial charge in [0.25, 0.3) is 0 Å². The van der Waals surface area contributed by atoms with Gasteiger partial charge in [-0.1, -0.05) is 23.2 Å². The Kier molecular flexibility index (Phi) is 33.8. The van der Waals surface area contributed by atoms with Crippen molar-refractivity contribution in [1.82, 2.24) is 45.5 Å². The van der Waals surface area contributed by atoms with Crippen LogP contribution in [0.2, 0.25) is 10.3 Å². The van der Waals surface area contributed by atoms with Gasteiger partial charge in [0.15, 0.2) is 5.41 Å². The lowest BCUT2D eigenvalue weighted by molar-refractivity contribution is -0.146. The molecule has 0 radical (unpaired) electrons. The molecule has 4 unspecified atom stereocenters. The van der Waals surface area contributed by atoms with Gasteiger partial charge >= 0.3 is 23.9 Å². The fourth-order valence-electron chi connectivity index (χ4n) is 12.0. The third-order valence-corrected chi connectivity index (χ3v) is 19.6. The standard InChI is InChI=1S/C17H15FN2O2.2C16H15FN2O.C15H14FNO2.C14H12FNO2.C8H8ClNO2.C6H6ClN/c1-17(11-19-2,16(21)22-3)13-8-9-20-15(10-13)12-4-6-14(18)7-5-12;2*1-16(7-9-19-15(16)20)12-6-8-18-14(10-12)11-2-4-13(17)5-3-11;1-10(15(18)19-2)12-7-8-17-14(9-12)11-3-5-13(16)6-4-11;1-18-14(17)9-10-6-7-16-13(8-10)11-2-4-12(15)5-3-11;1-12-8(11)5-6-2-3-10-7(9)4-6;1-5-2-3-8-6(7)4-5/h4-10H,11H2,1,3H3;2*2-6,8,10H,7,9H2,1H3,(H,19,20);3-10H,1-2H3;2-8H,9H2,1H3;2-4H,5H2,1H3;2-4H,1H3. The minimum Gasteiger partial charge on any atom is -0.469 e. The molecule has 14 rings (SSSR count). The molecule has 0 saturated carbocycles. The number of carbonyl (C=O) groups excluding carboxylic acids is 6. The largest absolute Gasteiger partial charge is 0.469 e. The van der Waals surface area contributed by atoms with E-state index >= 15 is 0 Å². The number of pyridine rings is 7. The van der Waals surface area contributed by atoms with Crippen LogP contribution in [-0.4, -0.2) is 119 Å². The maximum Gasteiger partial charge on any atom is 0.323 e. The van der Waals surface area contributed by atoms with Crippen LogP contribution in [0.15, 0.2) is 250 Å². The first kappa shape index (κ1) is 91.2. The highest BCUT2D eigenvalue weighted by molar-refractivity contribution is 6.29. The Balaban J connectivity index is 0.000000176. The van der Waals surface area contributed by atoms with E-state index in [0.717, 1.165) is 85.4 Å². The predicted octanol–water partition coefficient (Wildman–Crippen LogP) is 17.8. The molecule has 0 spiro atoms. The zero-order valence-electron chi connectivity index (χ0n) is 66.5. The number of aromatic nitrogens is 7. The molecule has 5 aromatic carbocycles. The second-order valence-electron chi connectivity index (χ2n) is 27.6. The van der Waals surface area contributed by atoms with Crippen molar-refractivity contribution in [3.8, 4) is 56.3 Å². The number of hydrogen-bond acceptors (Lipinski definition) is 17. The van der Waals surface area contributed by atoms with Crippen molar-refractivity contribution in [2.75, 3.05) is 48.1 Å². The molecule has 2 fully saturated rings. The topological polar surface area (TPSA) is 258 Å². The van der Waals surface area contributed by atoms with Crippen molar-refractivity contribution < 1.29 is 69.7 Å². The van der Waals surface area contributed by atoms with Crippen molar-refractivity contribution in [2.24, 2.45) is 0 Å². The normalized spacial score (nSPS) is 14.7. The Bertz CT molecular complexity index is 5350. The van der Waals surface area contributed by atoms with Gasteiger partial charge in [-0.25, -0.2) is 38.5 Å². The summed E-state index contributed by atoms with van der Waals surface area (Å²) in [6.07, 6.45) is 13.5. The number of ether oxygens (including phenoxy) is 4. The van der Waals surface area contributed by atoms with Crippen LogP contribution in [0.5, 0.6) is 0 Å². The van der Waals surface area contributed by atoms with Crippen molar-refractivity contribution in [3.63, 3.8) is 0 Å². The molecule has 7 aromatic heterocycles. The first-order valence-corrected chi connectivity index (χ1v) is 37.8. The van der Waals surface area contributed by atoms with E-state index in [1.165, 1.54) is 89.1 Å². The Morgan fingerprint density at radius 3 is 1.14 bits per heavy atom. The summed E-state index contributed by atoms with van der Waals surface area (Å²) in [5.74, 6) is -3.05. The first-order chi connectivity index (χ1) is 57.0. The molecule has 0 bridgehead atoms. The number of hydrogen-bond donors (Lipinski definition) is 2. The second-order valence-corrected chi connectivity index (χ2v) is 28.3. The van der Waals surface area contributed by atoms with Crippen molar-refractivity contribution in [2.45, 2.75) is 82.5 Å². The Morgan fingerprint density at radius 2 is 0.798 bits per heavy atom. The fraction of sp³-hybridized carbons (Fsp3) is 0.217. The van der Waals surface area contributed by atoms with E-state index < -0.39 is 22.2 Å². The quantitative estimate of drug-likeness (QED) is 0.0299. The number of nitrogens with zero attached hydrogens (tertiary/aromatic N) is 8. The lowest BCUT2D eigenvalue weighted by Gasteiger charge is -2.22. The third-order valence-electron chi connectivity index (χ3n) is 19.2. The molecular weight excluding hydrogens is 1570 g/mol. The third kappa shape index (κ3) is 26.3. The van der Waals surface area contributed by atoms with Gasteiger partial charge in [0.05, 0.1) is 86.5 Å². The summed E-state index contributed by atoms with van der Waals surface area (Å²) in [6, 6.07) is 55.7. The number of benzene rings is 5. The summed E-state index contributed by atoms with van der Waals surface area (Å²) in [5, 5.41) is 6.68. The van der Waals surface area contributed by atoms with Gasteiger partial charge in [0, 0.05) is 84.3 Å². The van der Waals surface area contributed by atoms with Gasteiger partial charge < -0.3 is 34.4 Å². The summed E-state index contributed by atoms with van der Waals surface area (Å²) in [7, 11) is 5.36. The van der Waals surface area contributed by atoms with Gasteiger partial charge in [0.1, 0.15) is 39.4 Å². The highest BCUT2D eigenvalue weighted by Gasteiger charge is 2.42. The predicted molar refractivity (Wildman–Crippen MR) is 444 cm³/mol. The van der Waals surface area contributed by atoms with Crippen LogP contribution in [0.25, 0.3) is 61.1 Å². The number of amides is 2. The number of halogens is 7. The van der Waals surface area contributed by atoms with E-state index in [2.05, 4.69) is 59.8 Å². The zero-order chi connectivity index (χ0) is 86.2. The molecule has 2 amide bonds. The minimum atomic E-state index is -1.06. The van der Waals surface area contributed by atoms with Crippen molar-refractivity contribution >= 4 is 58.9 Å². The van der Waals surface area contributed by atoms with Crippen LogP contribution in [-0.2, 0) is 76.8 Å². The molecule has 9 heterocycles. The molecule has 12 aromatic rings. The number of methoxy groups -OCH3 is 4. The highest BCUT2D eigenvalue weighted by Crippen LogP contribution is 2.36. The summed E-state index contributed by atoms with van der Waals surface area (Å²) >= 11 is 11.1. The molecule has 27 heteroatoms. The number of carbonyl (C=O) groups is 6. The zero-order valence-corrected chi connectivity index (χ0v) is 68.0. The maximum absolute atomic E-state index is 13.0. The van der Waals surface area contributed by atoms with Crippen LogP contribution in [0, 0.1) is 42.6 Å². The van der Waals surface area contributed by atoms with Gasteiger partial charge in [-0.3, -0.25) is 53.7 Å². The van der Waals surface area contributed by atoms with Crippen LogP contribution in [0.4, 0.5) is 22.0 Å². The molecule has 612 valence electrons. The second kappa shape index (κ2) is 44.1. The smallest absolute Gasteiger partial charge is 0.323 e. The summed E-state index contributed by atoms with van der Waals surface area (Å²) in [6.45, 7) is 17.8. The molecule has 20 nitrogen and oxygen atoms in total. The van der Waals surface area contributed by atoms with Crippen molar-refractivity contribution in [3.05, 3.63) is 339 Å². The molecule has 2 aliphatic heterocycles. The van der Waals surface area contributed by atoms with E-state index in [-0.39, 0.29) is 84.1 Å². The maximum atomic E-state index is 13.0. The van der Waals surface area contributed by atoms with E-state index in [0.29, 0.717) is 46.0 Å². The molecule has 119 heavy (non-hydrogen) atoms. The molecule has 0 aliphatic carbocycles. The van der Waals surface area contributed by atoms with E-state index in [9.17, 15) is 50.7 Å². The lowest BCUT2D eigenvalue weighted by atomic mass is 9.81. The Hall–Kier alpha value is -13.3. The van der Waals surface area contributed by atoms with E-state index in [4.69, 9.17) is 39.2 Å². The van der Waals surface area contributed by atoms with Gasteiger partial charge in [0.2, 0.25) is 18.4 Å². The average Bonchev–Trinajstić information content (AvgIpc) is 1.64. The summed E-state index contributed by atoms with van der Waals surface area (Å²) < 4.78 is 83.3. The molecule has 4 atom stereocenters. The van der Waals surface area contributed by atoms with Crippen LogP contribution in [0.3, 0.4) is 0 Å². The minimum absolute atomic E-state index is 0.0213. The number of nitrogens with one attached hydrogen (secondary N) is 2. The molecule has 2 saturated heterocycles. The van der Waals surface area contributed by atoms with Crippen LogP contribution >= 0.6 is 23.2 Å². The first-order valence-electron chi connectivity index (χ1n) is 37.0. The van der Waals surface area contributed by atoms with E-state index in [1.807, 2.05) is 63.2 Å². The van der Waals surface area contributed by atoms with Gasteiger partial charge in [-0.15, -0.1) is 0 Å². The van der Waals surface area contributed by atoms with Crippen LogP contribution < -0.4 is 10.6 Å². The lowest BCUT2D eigenvalue weighted by Crippen LogP contribution is -2.36. The van der Waals surface area contributed by atoms with E-state index in [1.54, 1.807) is 160 Å². The number of rotatable bonds is 16. The number of aryl methyl sites for hydroxylation is 1. The Labute approximate surface area is 696 Å². The summed E-state index contributed by atoms with van der Waals surface area (Å²) in [4.78, 5) is 102.